The highest BCUT2D eigenvalue weighted by molar-refractivity contribution is 6.02. The molecule has 0 spiro atoms. The van der Waals surface area contributed by atoms with Gasteiger partial charge in [0.2, 0.25) is 65.0 Å². The summed E-state index contributed by atoms with van der Waals surface area (Å²) in [4.78, 5) is 150. The van der Waals surface area contributed by atoms with Gasteiger partial charge in [-0.3, -0.25) is 52.7 Å². The van der Waals surface area contributed by atoms with Crippen molar-refractivity contribution >= 4 is 65.0 Å². The number of primary amides is 1. The Labute approximate surface area is 485 Å². The summed E-state index contributed by atoms with van der Waals surface area (Å²) in [6.07, 6.45) is 5.74. The van der Waals surface area contributed by atoms with Crippen molar-refractivity contribution < 1.29 is 52.7 Å². The van der Waals surface area contributed by atoms with Crippen molar-refractivity contribution in [3.63, 3.8) is 0 Å². The first-order chi connectivity index (χ1) is 37.8. The van der Waals surface area contributed by atoms with E-state index < -0.39 is 128 Å². The molecule has 0 aromatic rings. The van der Waals surface area contributed by atoms with Gasteiger partial charge in [0.25, 0.3) is 0 Å². The van der Waals surface area contributed by atoms with Gasteiger partial charge in [-0.05, 0) is 206 Å². The van der Waals surface area contributed by atoms with Gasteiger partial charge in [-0.15, -0.1) is 0 Å². The Morgan fingerprint density at radius 2 is 0.524 bits per heavy atom. The minimum Gasteiger partial charge on any atom is -0.368 e. The van der Waals surface area contributed by atoms with Crippen LogP contribution in [0.4, 0.5) is 0 Å². The van der Waals surface area contributed by atoms with Gasteiger partial charge in [0, 0.05) is 0 Å². The van der Waals surface area contributed by atoms with Crippen LogP contribution in [0.25, 0.3) is 0 Å². The van der Waals surface area contributed by atoms with Gasteiger partial charge >= 0.3 is 0 Å². The zero-order chi connectivity index (χ0) is 63.5. The van der Waals surface area contributed by atoms with Gasteiger partial charge in [0.05, 0.1) is 6.04 Å². The summed E-state index contributed by atoms with van der Waals surface area (Å²) in [5.41, 5.74) is 30.1. The number of carbonyl (C=O) groups is 11. The number of nitrogens with one attached hydrogen (secondary N) is 10. The molecule has 472 valence electrons. The molecule has 0 aliphatic rings. The highest BCUT2D eigenvalue weighted by atomic mass is 16.2. The van der Waals surface area contributed by atoms with E-state index in [-0.39, 0.29) is 38.8 Å². The van der Waals surface area contributed by atoms with Crippen molar-refractivity contribution in [2.24, 2.45) is 40.1 Å². The van der Waals surface area contributed by atoms with Crippen LogP contribution in [-0.4, -0.2) is 161 Å². The van der Waals surface area contributed by atoms with Crippen molar-refractivity contribution in [2.75, 3.05) is 32.7 Å². The third kappa shape index (κ3) is 26.9. The first-order valence-corrected chi connectivity index (χ1v) is 28.5. The first kappa shape index (κ1) is 75.9. The second kappa shape index (κ2) is 35.2. The monoisotopic (exact) mass is 1170 g/mol. The molecular formula is C54H105N17O11. The van der Waals surface area contributed by atoms with Crippen LogP contribution in [-0.2, 0) is 52.7 Å². The van der Waals surface area contributed by atoms with Crippen molar-refractivity contribution in [1.82, 2.24) is 53.2 Å². The second-order valence-electron chi connectivity index (χ2n) is 24.1. The Hall–Kier alpha value is -6.07. The predicted molar refractivity (Wildman–Crippen MR) is 313 cm³/mol. The fourth-order valence-corrected chi connectivity index (χ4v) is 7.77. The Kier molecular flexibility index (Phi) is 32.6. The first-order valence-electron chi connectivity index (χ1n) is 28.5. The van der Waals surface area contributed by atoms with Gasteiger partial charge in [-0.2, -0.15) is 0 Å². The number of hydrogen-bond acceptors (Lipinski definition) is 17. The summed E-state index contributed by atoms with van der Waals surface area (Å²) < 4.78 is 0. The van der Waals surface area contributed by atoms with Gasteiger partial charge in [-0.1, -0.05) is 6.42 Å². The van der Waals surface area contributed by atoms with Crippen LogP contribution in [0.1, 0.15) is 179 Å². The Morgan fingerprint density at radius 1 is 0.293 bits per heavy atom. The van der Waals surface area contributed by atoms with E-state index in [9.17, 15) is 52.7 Å². The van der Waals surface area contributed by atoms with Crippen LogP contribution < -0.4 is 93.3 Å². The number of rotatable bonds is 41. The Balaban J connectivity index is 6.38. The van der Waals surface area contributed by atoms with Gasteiger partial charge in [0.15, 0.2) is 0 Å². The van der Waals surface area contributed by atoms with Gasteiger partial charge in [-0.25, -0.2) is 0 Å². The van der Waals surface area contributed by atoms with Crippen molar-refractivity contribution in [3.8, 4) is 0 Å². The molecule has 0 saturated carbocycles. The van der Waals surface area contributed by atoms with Crippen LogP contribution in [0.5, 0.6) is 0 Å². The highest BCUT2D eigenvalue weighted by Crippen LogP contribution is 2.17. The lowest BCUT2D eigenvalue weighted by atomic mass is 9.96. The molecule has 0 aliphatic heterocycles. The summed E-state index contributed by atoms with van der Waals surface area (Å²) in [5, 5.41) is 26.5. The number of unbranched alkanes of at least 4 members (excludes halogenated alkanes) is 5. The summed E-state index contributed by atoms with van der Waals surface area (Å²) >= 11 is 0. The summed E-state index contributed by atoms with van der Waals surface area (Å²) in [6.45, 7) is 18.4. The van der Waals surface area contributed by atoms with E-state index in [2.05, 4.69) is 53.2 Å². The fourth-order valence-electron chi connectivity index (χ4n) is 7.77. The predicted octanol–water partition coefficient (Wildman–Crippen LogP) is -3.25. The molecule has 0 radical (unpaired) electrons. The lowest BCUT2D eigenvalue weighted by Crippen LogP contribution is -2.67. The molecule has 5 atom stereocenters. The topological polar surface area (TPSA) is 490 Å². The van der Waals surface area contributed by atoms with Crippen LogP contribution in [0.3, 0.4) is 0 Å². The van der Waals surface area contributed by atoms with E-state index in [1.54, 1.807) is 0 Å². The smallest absolute Gasteiger partial charge is 0.246 e. The fraction of sp³-hybridized carbons (Fsp3) is 0.796. The molecule has 0 fully saturated rings. The quantitative estimate of drug-likeness (QED) is 0.0267. The van der Waals surface area contributed by atoms with E-state index in [1.807, 2.05) is 0 Å². The Bertz CT molecular complexity index is 2150. The van der Waals surface area contributed by atoms with Crippen molar-refractivity contribution in [2.45, 2.75) is 243 Å². The molecule has 0 saturated heterocycles. The Morgan fingerprint density at radius 3 is 0.805 bits per heavy atom. The van der Waals surface area contributed by atoms with Crippen LogP contribution >= 0.6 is 0 Å². The molecule has 0 bridgehead atoms. The second-order valence-corrected chi connectivity index (χ2v) is 24.1. The van der Waals surface area contributed by atoms with Gasteiger partial charge in [0.1, 0.15) is 57.4 Å². The molecule has 28 nitrogen and oxygen atoms in total. The largest absolute Gasteiger partial charge is 0.368 e. The minimum atomic E-state index is -1.74. The maximum absolute atomic E-state index is 14.1. The van der Waals surface area contributed by atoms with E-state index >= 15 is 0 Å². The number of nitrogens with two attached hydrogens (primary N) is 7. The molecular weight excluding hydrogens is 1060 g/mol. The summed E-state index contributed by atoms with van der Waals surface area (Å²) in [5.74, 6) is -8.21. The molecule has 0 rings (SSSR count). The molecule has 11 amide bonds. The maximum atomic E-state index is 14.1. The molecule has 0 heterocycles. The van der Waals surface area contributed by atoms with Crippen LogP contribution in [0, 0.1) is 0 Å². The molecule has 0 aliphatic carbocycles. The van der Waals surface area contributed by atoms with Gasteiger partial charge < -0.3 is 93.3 Å². The third-order valence-electron chi connectivity index (χ3n) is 13.6. The number of carbonyl (C=O) groups excluding carboxylic acids is 11. The van der Waals surface area contributed by atoms with E-state index in [0.29, 0.717) is 90.3 Å². The molecule has 0 aromatic carbocycles. The molecule has 0 unspecified atom stereocenters. The molecule has 28 heteroatoms. The average Bonchev–Trinajstić information content (AvgIpc) is 3.36. The van der Waals surface area contributed by atoms with E-state index in [0.717, 1.165) is 0 Å². The molecule has 0 aromatic heterocycles. The number of amides is 11. The lowest BCUT2D eigenvalue weighted by Gasteiger charge is -2.35. The standard InChI is InChI=1S/C54H105N17O11/c1-49(2,43(61)77)69-46(80)52(7,8)67-41(75)36(26-16-21-31-58)63-39(73)34(24-14-19-29-56)64-44(78)50(3,4)70-48(82)54(11,12)68-42(76)37(27-17-22-32-59)65-45(79)51(5,6)71-47(81)53(9,10)66-40(74)35(25-15-20-30-57)62-38(72)33(60)23-13-18-28-55/h33-37H,13-32,55-60H2,1-12H3,(H2,61,77)(H,62,72)(H,63,73)(H,64,78)(H,65,79)(H,66,74)(H,67,75)(H,68,76)(H,69,80)(H,70,82)(H,71,81)/t33-,34-,35-,36-,37-/m0/s1. The normalized spacial score (nSPS) is 14.1. The minimum absolute atomic E-state index is 0.0609. The number of hydrogen-bond donors (Lipinski definition) is 17. The van der Waals surface area contributed by atoms with Crippen molar-refractivity contribution in [3.05, 3.63) is 0 Å². The average molecular weight is 1170 g/mol. The SMILES string of the molecule is CC(C)(NC(=O)C(C)(C)NC(=O)[C@H](CCCCN)NC(=O)[C@H](CCCCN)NC(=O)C(C)(C)NC(=O)C(C)(C)NC(=O)[C@H](CCCCN)NC(=O)C(C)(C)NC(=O)C(C)(C)NC(=O)[C@H](CCCCN)NC(=O)[C@@H](N)CCCCN)C(N)=O. The third-order valence-corrected chi connectivity index (χ3v) is 13.6. The summed E-state index contributed by atoms with van der Waals surface area (Å²) in [7, 11) is 0. The van der Waals surface area contributed by atoms with Crippen LogP contribution in [0.2, 0.25) is 0 Å². The van der Waals surface area contributed by atoms with E-state index in [1.165, 1.54) is 83.1 Å². The van der Waals surface area contributed by atoms with E-state index in [4.69, 9.17) is 40.1 Å². The lowest BCUT2D eigenvalue weighted by molar-refractivity contribution is -0.140. The maximum Gasteiger partial charge on any atom is 0.246 e. The summed E-state index contributed by atoms with van der Waals surface area (Å²) in [6, 6.07) is -5.66. The zero-order valence-corrected chi connectivity index (χ0v) is 51.1. The highest BCUT2D eigenvalue weighted by Gasteiger charge is 2.43. The molecule has 82 heavy (non-hydrogen) atoms. The van der Waals surface area contributed by atoms with Crippen LogP contribution in [0.15, 0.2) is 0 Å². The van der Waals surface area contributed by atoms with Crippen molar-refractivity contribution in [1.29, 1.82) is 0 Å². The molecule has 24 N–H and O–H groups in total. The zero-order valence-electron chi connectivity index (χ0n) is 51.1.